The van der Waals surface area contributed by atoms with Crippen molar-refractivity contribution in [2.75, 3.05) is 26.2 Å². The number of hydrogen-bond acceptors (Lipinski definition) is 3. The first-order valence-electron chi connectivity index (χ1n) is 7.07. The molecular formula is C15H25N3. The van der Waals surface area contributed by atoms with E-state index in [0.29, 0.717) is 0 Å². The van der Waals surface area contributed by atoms with Crippen molar-refractivity contribution in [3.63, 3.8) is 0 Å². The van der Waals surface area contributed by atoms with Crippen LogP contribution in [-0.4, -0.2) is 31.1 Å². The quantitative estimate of drug-likeness (QED) is 0.835. The molecule has 0 aromatic heterocycles. The van der Waals surface area contributed by atoms with Gasteiger partial charge in [0.1, 0.15) is 0 Å². The Balaban J connectivity index is 2.06. The van der Waals surface area contributed by atoms with Crippen molar-refractivity contribution in [2.24, 2.45) is 5.73 Å². The Morgan fingerprint density at radius 1 is 1.28 bits per heavy atom. The summed E-state index contributed by atoms with van der Waals surface area (Å²) in [5.74, 6) is 0. The first-order chi connectivity index (χ1) is 8.81. The standard InChI is InChI=1S/C15H25N3/c1-2-5-15(16)14-7-4-3-6-13(14)12-18-10-8-17-9-11-18/h3-4,6-7,15,17H,2,5,8-12,16H2,1H3/t15-/m1/s1. The van der Waals surface area contributed by atoms with E-state index in [4.69, 9.17) is 5.73 Å². The van der Waals surface area contributed by atoms with Crippen molar-refractivity contribution in [1.82, 2.24) is 10.2 Å². The van der Waals surface area contributed by atoms with Gasteiger partial charge in [0.15, 0.2) is 0 Å². The third kappa shape index (κ3) is 3.55. The molecule has 1 aromatic carbocycles. The second kappa shape index (κ2) is 6.88. The fraction of sp³-hybridized carbons (Fsp3) is 0.600. The summed E-state index contributed by atoms with van der Waals surface area (Å²) in [5.41, 5.74) is 9.02. The summed E-state index contributed by atoms with van der Waals surface area (Å²) in [6.07, 6.45) is 2.21. The maximum absolute atomic E-state index is 6.28. The first-order valence-corrected chi connectivity index (χ1v) is 7.07. The lowest BCUT2D eigenvalue weighted by molar-refractivity contribution is 0.232. The lowest BCUT2D eigenvalue weighted by atomic mass is 9.97. The summed E-state index contributed by atoms with van der Waals surface area (Å²) in [6.45, 7) is 7.70. The number of nitrogens with two attached hydrogens (primary N) is 1. The van der Waals surface area contributed by atoms with E-state index in [1.54, 1.807) is 0 Å². The Bertz CT molecular complexity index is 359. The van der Waals surface area contributed by atoms with E-state index >= 15 is 0 Å². The van der Waals surface area contributed by atoms with Gasteiger partial charge in [0.05, 0.1) is 0 Å². The molecule has 0 unspecified atom stereocenters. The molecule has 0 spiro atoms. The molecule has 3 nitrogen and oxygen atoms in total. The van der Waals surface area contributed by atoms with Crippen molar-refractivity contribution >= 4 is 0 Å². The first kappa shape index (κ1) is 13.5. The van der Waals surface area contributed by atoms with E-state index < -0.39 is 0 Å². The van der Waals surface area contributed by atoms with Crippen LogP contribution < -0.4 is 11.1 Å². The summed E-state index contributed by atoms with van der Waals surface area (Å²) in [5, 5.41) is 3.39. The third-order valence-electron chi connectivity index (χ3n) is 3.66. The lowest BCUT2D eigenvalue weighted by Crippen LogP contribution is -2.43. The fourth-order valence-corrected chi connectivity index (χ4v) is 2.62. The molecule has 18 heavy (non-hydrogen) atoms. The number of rotatable bonds is 5. The van der Waals surface area contributed by atoms with Crippen LogP contribution in [0.2, 0.25) is 0 Å². The maximum Gasteiger partial charge on any atom is 0.0297 e. The predicted octanol–water partition coefficient (Wildman–Crippen LogP) is 1.89. The van der Waals surface area contributed by atoms with E-state index in [1.807, 2.05) is 0 Å². The average Bonchev–Trinajstić information content (AvgIpc) is 2.41. The molecule has 1 saturated heterocycles. The second-order valence-corrected chi connectivity index (χ2v) is 5.12. The molecule has 100 valence electrons. The van der Waals surface area contributed by atoms with Crippen LogP contribution in [0.15, 0.2) is 24.3 Å². The van der Waals surface area contributed by atoms with Crippen molar-refractivity contribution < 1.29 is 0 Å². The highest BCUT2D eigenvalue weighted by atomic mass is 15.2. The molecule has 1 aliphatic heterocycles. The Morgan fingerprint density at radius 2 is 2.00 bits per heavy atom. The van der Waals surface area contributed by atoms with Gasteiger partial charge in [0.25, 0.3) is 0 Å². The monoisotopic (exact) mass is 247 g/mol. The molecule has 2 rings (SSSR count). The van der Waals surface area contributed by atoms with Gasteiger partial charge >= 0.3 is 0 Å². The van der Waals surface area contributed by atoms with Gasteiger partial charge in [-0.3, -0.25) is 4.90 Å². The molecule has 0 radical (unpaired) electrons. The smallest absolute Gasteiger partial charge is 0.0297 e. The predicted molar refractivity (Wildman–Crippen MR) is 76.4 cm³/mol. The molecule has 1 aliphatic rings. The summed E-state index contributed by atoms with van der Waals surface area (Å²) < 4.78 is 0. The van der Waals surface area contributed by atoms with Crippen LogP contribution >= 0.6 is 0 Å². The second-order valence-electron chi connectivity index (χ2n) is 5.12. The summed E-state index contributed by atoms with van der Waals surface area (Å²) >= 11 is 0. The molecule has 1 atom stereocenters. The van der Waals surface area contributed by atoms with Crippen LogP contribution in [0.3, 0.4) is 0 Å². The van der Waals surface area contributed by atoms with Crippen molar-refractivity contribution in [1.29, 1.82) is 0 Å². The normalized spacial score (nSPS) is 18.8. The van der Waals surface area contributed by atoms with Crippen molar-refractivity contribution in [3.8, 4) is 0 Å². The van der Waals surface area contributed by atoms with Crippen LogP contribution in [0.25, 0.3) is 0 Å². The van der Waals surface area contributed by atoms with E-state index in [1.165, 1.54) is 11.1 Å². The van der Waals surface area contributed by atoms with Crippen LogP contribution in [-0.2, 0) is 6.54 Å². The van der Waals surface area contributed by atoms with Gasteiger partial charge in [-0.15, -0.1) is 0 Å². The Hall–Kier alpha value is -0.900. The Labute approximate surface area is 110 Å². The Morgan fingerprint density at radius 3 is 2.72 bits per heavy atom. The number of hydrogen-bond donors (Lipinski definition) is 2. The van der Waals surface area contributed by atoms with E-state index in [9.17, 15) is 0 Å². The third-order valence-corrected chi connectivity index (χ3v) is 3.66. The molecule has 3 heteroatoms. The largest absolute Gasteiger partial charge is 0.324 e. The molecule has 1 fully saturated rings. The lowest BCUT2D eigenvalue weighted by Gasteiger charge is -2.28. The molecule has 0 aliphatic carbocycles. The van der Waals surface area contributed by atoms with Gasteiger partial charge in [-0.25, -0.2) is 0 Å². The van der Waals surface area contributed by atoms with Gasteiger partial charge in [-0.1, -0.05) is 37.6 Å². The van der Waals surface area contributed by atoms with Gasteiger partial charge < -0.3 is 11.1 Å². The number of benzene rings is 1. The number of nitrogens with zero attached hydrogens (tertiary/aromatic N) is 1. The zero-order valence-corrected chi connectivity index (χ0v) is 11.4. The molecule has 0 amide bonds. The van der Waals surface area contributed by atoms with Crippen LogP contribution in [0.5, 0.6) is 0 Å². The zero-order valence-electron chi connectivity index (χ0n) is 11.4. The highest BCUT2D eigenvalue weighted by Crippen LogP contribution is 2.21. The minimum Gasteiger partial charge on any atom is -0.324 e. The minimum atomic E-state index is 0.189. The van der Waals surface area contributed by atoms with E-state index in [2.05, 4.69) is 41.4 Å². The molecular weight excluding hydrogens is 222 g/mol. The minimum absolute atomic E-state index is 0.189. The van der Waals surface area contributed by atoms with Crippen molar-refractivity contribution in [3.05, 3.63) is 35.4 Å². The topological polar surface area (TPSA) is 41.3 Å². The fourth-order valence-electron chi connectivity index (χ4n) is 2.62. The highest BCUT2D eigenvalue weighted by molar-refractivity contribution is 5.29. The van der Waals surface area contributed by atoms with E-state index in [-0.39, 0.29) is 6.04 Å². The van der Waals surface area contributed by atoms with Gasteiger partial charge in [0.2, 0.25) is 0 Å². The van der Waals surface area contributed by atoms with Gasteiger partial charge in [-0.2, -0.15) is 0 Å². The number of nitrogens with one attached hydrogen (secondary N) is 1. The van der Waals surface area contributed by atoms with Crippen LogP contribution in [0.1, 0.15) is 36.9 Å². The maximum atomic E-state index is 6.28. The summed E-state index contributed by atoms with van der Waals surface area (Å²) in [6, 6.07) is 8.84. The molecule has 0 saturated carbocycles. The number of piperazine rings is 1. The molecule has 0 bridgehead atoms. The zero-order chi connectivity index (χ0) is 12.8. The summed E-state index contributed by atoms with van der Waals surface area (Å²) in [7, 11) is 0. The van der Waals surface area contributed by atoms with E-state index in [0.717, 1.165) is 45.6 Å². The SMILES string of the molecule is CCC[C@@H](N)c1ccccc1CN1CCNCC1. The van der Waals surface area contributed by atoms with Crippen LogP contribution in [0, 0.1) is 0 Å². The highest BCUT2D eigenvalue weighted by Gasteiger charge is 2.14. The van der Waals surface area contributed by atoms with Crippen molar-refractivity contribution in [2.45, 2.75) is 32.4 Å². The Kier molecular flexibility index (Phi) is 5.17. The average molecular weight is 247 g/mol. The molecule has 3 N–H and O–H groups in total. The molecule has 1 heterocycles. The summed E-state index contributed by atoms with van der Waals surface area (Å²) in [4.78, 5) is 2.51. The van der Waals surface area contributed by atoms with Gasteiger partial charge in [0, 0.05) is 38.8 Å². The van der Waals surface area contributed by atoms with Crippen LogP contribution in [0.4, 0.5) is 0 Å². The molecule has 1 aromatic rings. The van der Waals surface area contributed by atoms with Gasteiger partial charge in [-0.05, 0) is 17.5 Å².